The summed E-state index contributed by atoms with van der Waals surface area (Å²) in [6.07, 6.45) is 0. The van der Waals surface area contributed by atoms with Crippen LogP contribution in [0.4, 0.5) is 0 Å². The summed E-state index contributed by atoms with van der Waals surface area (Å²) in [6, 6.07) is 0. The summed E-state index contributed by atoms with van der Waals surface area (Å²) in [4.78, 5) is 35.7. The predicted molar refractivity (Wildman–Crippen MR) is 65.2 cm³/mol. The van der Waals surface area contributed by atoms with Crippen LogP contribution in [0.2, 0.25) is 0 Å². The van der Waals surface area contributed by atoms with Crippen LogP contribution in [0.15, 0.2) is 10.6 Å². The smallest absolute Gasteiger partial charge is 0.346 e. The molecule has 0 saturated heterocycles. The molecule has 0 fully saturated rings. The Labute approximate surface area is 109 Å². The number of carbonyl (C=O) groups excluding carboxylic acids is 3. The first-order valence-electron chi connectivity index (χ1n) is 5.28. The minimum absolute atomic E-state index is 0.216. The number of allylic oxidation sites excluding steroid dienone is 1. The van der Waals surface area contributed by atoms with E-state index in [9.17, 15) is 14.4 Å². The molecule has 1 rings (SSSR count). The number of methoxy groups -OCH3 is 1. The summed E-state index contributed by atoms with van der Waals surface area (Å²) in [5.74, 6) is -1.22. The van der Waals surface area contributed by atoms with Crippen LogP contribution >= 0.6 is 11.8 Å². The molecule has 0 aromatic rings. The third-order valence-corrected chi connectivity index (χ3v) is 3.57. The maximum Gasteiger partial charge on any atom is 0.346 e. The number of amides is 1. The first-order chi connectivity index (χ1) is 8.36. The van der Waals surface area contributed by atoms with E-state index in [-0.39, 0.29) is 17.4 Å². The molecule has 1 unspecified atom stereocenters. The molecule has 6 nitrogen and oxygen atoms in total. The Morgan fingerprint density at radius 2 is 1.94 bits per heavy atom. The fourth-order valence-corrected chi connectivity index (χ4v) is 2.69. The van der Waals surface area contributed by atoms with E-state index in [0.29, 0.717) is 5.70 Å². The van der Waals surface area contributed by atoms with E-state index < -0.39 is 17.4 Å². The summed E-state index contributed by atoms with van der Waals surface area (Å²) >= 11 is 1.09. The normalized spacial score (nSPS) is 19.6. The van der Waals surface area contributed by atoms with Crippen LogP contribution in [0.1, 0.15) is 20.8 Å². The van der Waals surface area contributed by atoms with Gasteiger partial charge in [0, 0.05) is 19.5 Å². The maximum absolute atomic E-state index is 11.6. The minimum Gasteiger partial charge on any atom is -0.465 e. The molecule has 7 heteroatoms. The fraction of sp³-hybridized carbons (Fsp3) is 0.545. The number of esters is 2. The van der Waals surface area contributed by atoms with Gasteiger partial charge in [-0.25, -0.2) is 4.79 Å². The van der Waals surface area contributed by atoms with Crippen molar-refractivity contribution in [2.75, 3.05) is 13.7 Å². The SMILES string of the molecule is COC(=O)C1=C(C)N(C(C)=O)CC(OC(C)=O)S1. The number of rotatable bonds is 2. The van der Waals surface area contributed by atoms with E-state index in [4.69, 9.17) is 4.74 Å². The van der Waals surface area contributed by atoms with Gasteiger partial charge in [0.25, 0.3) is 0 Å². The number of hydrogen-bond donors (Lipinski definition) is 0. The largest absolute Gasteiger partial charge is 0.465 e. The monoisotopic (exact) mass is 273 g/mol. The Hall–Kier alpha value is -1.50. The molecule has 18 heavy (non-hydrogen) atoms. The zero-order valence-electron chi connectivity index (χ0n) is 10.7. The summed E-state index contributed by atoms with van der Waals surface area (Å²) in [7, 11) is 1.26. The molecule has 0 spiro atoms. The maximum atomic E-state index is 11.6. The van der Waals surface area contributed by atoms with E-state index in [1.54, 1.807) is 6.92 Å². The lowest BCUT2D eigenvalue weighted by Crippen LogP contribution is -2.40. The second kappa shape index (κ2) is 5.90. The molecule has 1 aliphatic rings. The van der Waals surface area contributed by atoms with Gasteiger partial charge in [0.15, 0.2) is 5.44 Å². The van der Waals surface area contributed by atoms with E-state index in [1.165, 1.54) is 25.9 Å². The van der Waals surface area contributed by atoms with Gasteiger partial charge in [0.05, 0.1) is 13.7 Å². The number of thioether (sulfide) groups is 1. The van der Waals surface area contributed by atoms with Crippen molar-refractivity contribution in [3.63, 3.8) is 0 Å². The fourth-order valence-electron chi connectivity index (χ4n) is 1.56. The highest BCUT2D eigenvalue weighted by Crippen LogP contribution is 2.34. The summed E-state index contributed by atoms with van der Waals surface area (Å²) < 4.78 is 9.68. The molecule has 0 radical (unpaired) electrons. The standard InChI is InChI=1S/C11H15NO5S/c1-6-10(11(15)16-4)18-9(17-8(3)14)5-12(6)7(2)13/h9H,5H2,1-4H3. The van der Waals surface area contributed by atoms with Crippen molar-refractivity contribution in [1.82, 2.24) is 4.90 Å². The topological polar surface area (TPSA) is 72.9 Å². The molecule has 100 valence electrons. The third-order valence-electron chi connectivity index (χ3n) is 2.36. The Morgan fingerprint density at radius 1 is 1.33 bits per heavy atom. The van der Waals surface area contributed by atoms with Crippen LogP contribution in [0.25, 0.3) is 0 Å². The Morgan fingerprint density at radius 3 is 2.39 bits per heavy atom. The molecule has 1 atom stereocenters. The van der Waals surface area contributed by atoms with Crippen LogP contribution in [0, 0.1) is 0 Å². The number of hydrogen-bond acceptors (Lipinski definition) is 6. The van der Waals surface area contributed by atoms with Crippen LogP contribution in [0.3, 0.4) is 0 Å². The van der Waals surface area contributed by atoms with E-state index >= 15 is 0 Å². The van der Waals surface area contributed by atoms with Crippen molar-refractivity contribution < 1.29 is 23.9 Å². The van der Waals surface area contributed by atoms with Gasteiger partial charge in [-0.15, -0.1) is 0 Å². The van der Waals surface area contributed by atoms with Gasteiger partial charge in [-0.1, -0.05) is 11.8 Å². The lowest BCUT2D eigenvalue weighted by Gasteiger charge is -2.32. The molecule has 1 amide bonds. The van der Waals surface area contributed by atoms with Gasteiger partial charge in [-0.05, 0) is 6.92 Å². The molecule has 0 aliphatic carbocycles. The van der Waals surface area contributed by atoms with E-state index in [1.807, 2.05) is 0 Å². The molecule has 1 heterocycles. The molecular weight excluding hydrogens is 258 g/mol. The lowest BCUT2D eigenvalue weighted by molar-refractivity contribution is -0.145. The van der Waals surface area contributed by atoms with Gasteiger partial charge in [-0.2, -0.15) is 0 Å². The van der Waals surface area contributed by atoms with Crippen LogP contribution < -0.4 is 0 Å². The van der Waals surface area contributed by atoms with Crippen molar-refractivity contribution >= 4 is 29.6 Å². The van der Waals surface area contributed by atoms with Crippen molar-refractivity contribution in [3.8, 4) is 0 Å². The Bertz CT molecular complexity index is 418. The highest BCUT2D eigenvalue weighted by molar-refractivity contribution is 8.04. The summed E-state index contributed by atoms with van der Waals surface area (Å²) in [6.45, 7) is 4.55. The second-order valence-electron chi connectivity index (χ2n) is 3.69. The highest BCUT2D eigenvalue weighted by Gasteiger charge is 2.32. The predicted octanol–water partition coefficient (Wildman–Crippen LogP) is 0.875. The van der Waals surface area contributed by atoms with Crippen molar-refractivity contribution in [2.24, 2.45) is 0 Å². The average molecular weight is 273 g/mol. The number of ether oxygens (including phenoxy) is 2. The molecule has 0 aromatic heterocycles. The van der Waals surface area contributed by atoms with Crippen LogP contribution in [-0.4, -0.2) is 41.8 Å². The van der Waals surface area contributed by atoms with Crippen molar-refractivity contribution in [1.29, 1.82) is 0 Å². The molecule has 1 aliphatic heterocycles. The molecule has 0 aromatic carbocycles. The molecule has 0 N–H and O–H groups in total. The summed E-state index contributed by atoms with van der Waals surface area (Å²) in [5, 5.41) is 0. The van der Waals surface area contributed by atoms with E-state index in [2.05, 4.69) is 4.74 Å². The number of carbonyl (C=O) groups is 3. The van der Waals surface area contributed by atoms with Crippen molar-refractivity contribution in [3.05, 3.63) is 10.6 Å². The van der Waals surface area contributed by atoms with Gasteiger partial charge in [-0.3, -0.25) is 9.59 Å². The first kappa shape index (κ1) is 14.6. The summed E-state index contributed by atoms with van der Waals surface area (Å²) in [5.41, 5.74) is -0.0769. The van der Waals surface area contributed by atoms with E-state index in [0.717, 1.165) is 11.8 Å². The molecule has 0 saturated carbocycles. The molecular formula is C11H15NO5S. The van der Waals surface area contributed by atoms with Gasteiger partial charge in [0.2, 0.25) is 5.91 Å². The van der Waals surface area contributed by atoms with Crippen LogP contribution in [-0.2, 0) is 23.9 Å². The second-order valence-corrected chi connectivity index (χ2v) is 4.86. The van der Waals surface area contributed by atoms with Gasteiger partial charge >= 0.3 is 11.9 Å². The minimum atomic E-state index is -0.593. The third kappa shape index (κ3) is 3.25. The lowest BCUT2D eigenvalue weighted by atomic mass is 10.3. The number of nitrogens with zero attached hydrogens (tertiary/aromatic N) is 1. The average Bonchev–Trinajstić information content (AvgIpc) is 2.29. The van der Waals surface area contributed by atoms with Gasteiger partial charge in [0.1, 0.15) is 4.91 Å². The molecule has 0 bridgehead atoms. The Balaban J connectivity index is 3.03. The quantitative estimate of drug-likeness (QED) is 0.695. The zero-order chi connectivity index (χ0) is 13.9. The highest BCUT2D eigenvalue weighted by atomic mass is 32.2. The first-order valence-corrected chi connectivity index (χ1v) is 6.16. The van der Waals surface area contributed by atoms with Crippen LogP contribution in [0.5, 0.6) is 0 Å². The zero-order valence-corrected chi connectivity index (χ0v) is 11.5. The van der Waals surface area contributed by atoms with Gasteiger partial charge < -0.3 is 14.4 Å². The van der Waals surface area contributed by atoms with Crippen molar-refractivity contribution in [2.45, 2.75) is 26.2 Å². The Kier molecular flexibility index (Phi) is 4.77.